The third-order valence-electron chi connectivity index (χ3n) is 2.13. The first-order valence-electron chi connectivity index (χ1n) is 5.89. The molecule has 4 unspecified atom stereocenters. The summed E-state index contributed by atoms with van der Waals surface area (Å²) in [5.41, 5.74) is 0. The van der Waals surface area contributed by atoms with Crippen LogP contribution < -0.4 is 4.74 Å². The topological polar surface area (TPSA) is 77.0 Å². The fourth-order valence-corrected chi connectivity index (χ4v) is 1.79. The molecule has 0 radical (unpaired) electrons. The highest BCUT2D eigenvalue weighted by Gasteiger charge is 2.21. The molecule has 0 bridgehead atoms. The molecule has 0 spiro atoms. The van der Waals surface area contributed by atoms with Gasteiger partial charge in [0.25, 0.3) is 0 Å². The Bertz CT molecular complexity index is 434. The molecule has 1 aromatic carbocycles. The standard InChI is InChI=1S/C8H10O2.C6H6Br2N2/c1-7(9)10-8-5-3-2-4-6-8;1-4(2-9)6(8)5(7)3-10/h2-7,9H,1H3;4-6H,1H3. The van der Waals surface area contributed by atoms with Gasteiger partial charge in [0.05, 0.1) is 22.9 Å². The van der Waals surface area contributed by atoms with Crippen molar-refractivity contribution in [2.45, 2.75) is 29.8 Å². The molecular weight excluding hydrogens is 388 g/mol. The normalized spacial score (nSPS) is 15.3. The van der Waals surface area contributed by atoms with Gasteiger partial charge in [-0.2, -0.15) is 10.5 Å². The van der Waals surface area contributed by atoms with E-state index in [0.29, 0.717) is 5.75 Å². The van der Waals surface area contributed by atoms with E-state index in [2.05, 4.69) is 37.9 Å². The largest absolute Gasteiger partial charge is 0.465 e. The van der Waals surface area contributed by atoms with Crippen LogP contribution in [0.2, 0.25) is 0 Å². The summed E-state index contributed by atoms with van der Waals surface area (Å²) < 4.78 is 4.97. The number of halogens is 2. The van der Waals surface area contributed by atoms with Crippen LogP contribution in [0.15, 0.2) is 30.3 Å². The van der Waals surface area contributed by atoms with E-state index in [1.807, 2.05) is 24.3 Å². The predicted octanol–water partition coefficient (Wildman–Crippen LogP) is 3.60. The van der Waals surface area contributed by atoms with E-state index in [-0.39, 0.29) is 15.6 Å². The van der Waals surface area contributed by atoms with E-state index in [0.717, 1.165) is 0 Å². The Kier molecular flexibility index (Phi) is 10.1. The Hall–Kier alpha value is -1.08. The van der Waals surface area contributed by atoms with E-state index in [4.69, 9.17) is 20.4 Å². The molecule has 0 amide bonds. The Morgan fingerprint density at radius 1 is 1.10 bits per heavy atom. The lowest BCUT2D eigenvalue weighted by Gasteiger charge is -2.10. The van der Waals surface area contributed by atoms with Crippen LogP contribution in [-0.4, -0.2) is 21.1 Å². The molecule has 4 atom stereocenters. The molecule has 0 aliphatic rings. The number of aliphatic hydroxyl groups is 1. The summed E-state index contributed by atoms with van der Waals surface area (Å²) in [4.78, 5) is -0.385. The number of nitrogens with zero attached hydrogens (tertiary/aromatic N) is 2. The van der Waals surface area contributed by atoms with Crippen LogP contribution in [0.5, 0.6) is 5.75 Å². The van der Waals surface area contributed by atoms with E-state index in [9.17, 15) is 0 Å². The zero-order valence-electron chi connectivity index (χ0n) is 11.2. The number of para-hydroxylation sites is 1. The lowest BCUT2D eigenvalue weighted by Crippen LogP contribution is -2.19. The summed E-state index contributed by atoms with van der Waals surface area (Å²) in [6, 6.07) is 13.3. The van der Waals surface area contributed by atoms with Crippen molar-refractivity contribution in [1.82, 2.24) is 0 Å². The van der Waals surface area contributed by atoms with Crippen molar-refractivity contribution in [1.29, 1.82) is 10.5 Å². The maximum Gasteiger partial charge on any atom is 0.194 e. The average molecular weight is 404 g/mol. The minimum atomic E-state index is -0.734. The van der Waals surface area contributed by atoms with Crippen molar-refractivity contribution in [2.24, 2.45) is 5.92 Å². The summed E-state index contributed by atoms with van der Waals surface area (Å²) in [5.74, 6) is 0.543. The molecule has 1 rings (SSSR count). The highest BCUT2D eigenvalue weighted by Crippen LogP contribution is 2.20. The molecule has 108 valence electrons. The zero-order valence-corrected chi connectivity index (χ0v) is 14.4. The molecule has 0 saturated carbocycles. The first-order chi connectivity index (χ1) is 9.42. The molecule has 6 heteroatoms. The molecule has 20 heavy (non-hydrogen) atoms. The summed E-state index contributed by atoms with van der Waals surface area (Å²) in [5, 5.41) is 25.6. The van der Waals surface area contributed by atoms with Gasteiger partial charge in [-0.3, -0.25) is 0 Å². The van der Waals surface area contributed by atoms with Gasteiger partial charge in [-0.25, -0.2) is 0 Å². The van der Waals surface area contributed by atoms with Crippen molar-refractivity contribution in [3.8, 4) is 17.9 Å². The minimum Gasteiger partial charge on any atom is -0.465 e. The summed E-state index contributed by atoms with van der Waals surface area (Å²) in [7, 11) is 0. The van der Waals surface area contributed by atoms with Gasteiger partial charge >= 0.3 is 0 Å². The zero-order chi connectivity index (χ0) is 15.5. The molecule has 1 aromatic rings. The fraction of sp³-hybridized carbons (Fsp3) is 0.429. The van der Waals surface area contributed by atoms with Crippen molar-refractivity contribution >= 4 is 31.9 Å². The Balaban J connectivity index is 0.000000361. The van der Waals surface area contributed by atoms with Gasteiger partial charge in [-0.1, -0.05) is 50.1 Å². The number of alkyl halides is 2. The second kappa shape index (κ2) is 10.7. The van der Waals surface area contributed by atoms with Gasteiger partial charge in [-0.05, 0) is 26.0 Å². The molecule has 4 nitrogen and oxygen atoms in total. The third kappa shape index (κ3) is 8.16. The molecule has 0 saturated heterocycles. The van der Waals surface area contributed by atoms with Crippen LogP contribution in [0.1, 0.15) is 13.8 Å². The predicted molar refractivity (Wildman–Crippen MR) is 84.6 cm³/mol. The summed E-state index contributed by atoms with van der Waals surface area (Å²) in [6.45, 7) is 3.35. The van der Waals surface area contributed by atoms with E-state index >= 15 is 0 Å². The van der Waals surface area contributed by atoms with Crippen LogP contribution in [0.3, 0.4) is 0 Å². The van der Waals surface area contributed by atoms with Crippen molar-refractivity contribution in [2.75, 3.05) is 0 Å². The average Bonchev–Trinajstić information content (AvgIpc) is 2.45. The van der Waals surface area contributed by atoms with E-state index in [1.54, 1.807) is 26.0 Å². The van der Waals surface area contributed by atoms with Crippen LogP contribution >= 0.6 is 31.9 Å². The Labute approximate surface area is 136 Å². The van der Waals surface area contributed by atoms with Gasteiger partial charge in [0.2, 0.25) is 0 Å². The molecule has 0 fully saturated rings. The number of hydrogen-bond acceptors (Lipinski definition) is 4. The highest BCUT2D eigenvalue weighted by molar-refractivity contribution is 9.12. The number of aliphatic hydroxyl groups excluding tert-OH is 1. The van der Waals surface area contributed by atoms with E-state index in [1.165, 1.54) is 0 Å². The van der Waals surface area contributed by atoms with Crippen LogP contribution in [0, 0.1) is 28.6 Å². The number of nitriles is 2. The number of benzene rings is 1. The van der Waals surface area contributed by atoms with Gasteiger partial charge in [0.15, 0.2) is 6.29 Å². The van der Waals surface area contributed by atoms with Gasteiger partial charge < -0.3 is 9.84 Å². The van der Waals surface area contributed by atoms with Gasteiger partial charge in [0, 0.05) is 0 Å². The fourth-order valence-electron chi connectivity index (χ4n) is 1.09. The maximum atomic E-state index is 8.78. The maximum absolute atomic E-state index is 8.78. The summed E-state index contributed by atoms with van der Waals surface area (Å²) in [6.07, 6.45) is -0.734. The Morgan fingerprint density at radius 2 is 1.65 bits per heavy atom. The van der Waals surface area contributed by atoms with Gasteiger partial charge in [-0.15, -0.1) is 0 Å². The molecule has 0 aliphatic heterocycles. The van der Waals surface area contributed by atoms with Crippen LogP contribution in [0.4, 0.5) is 0 Å². The first-order valence-corrected chi connectivity index (χ1v) is 7.72. The van der Waals surface area contributed by atoms with E-state index < -0.39 is 6.29 Å². The number of ether oxygens (including phenoxy) is 1. The highest BCUT2D eigenvalue weighted by atomic mass is 79.9. The smallest absolute Gasteiger partial charge is 0.194 e. The van der Waals surface area contributed by atoms with Crippen molar-refractivity contribution in [3.63, 3.8) is 0 Å². The second-order valence-electron chi connectivity index (χ2n) is 3.92. The minimum absolute atomic E-state index is 0.0949. The molecule has 0 heterocycles. The lowest BCUT2D eigenvalue weighted by atomic mass is 10.1. The number of hydrogen-bond donors (Lipinski definition) is 1. The monoisotopic (exact) mass is 402 g/mol. The van der Waals surface area contributed by atoms with Crippen molar-refractivity contribution in [3.05, 3.63) is 30.3 Å². The van der Waals surface area contributed by atoms with Crippen LogP contribution in [0.25, 0.3) is 0 Å². The molecule has 1 N–H and O–H groups in total. The summed E-state index contributed by atoms with van der Waals surface area (Å²) >= 11 is 6.36. The SMILES string of the molecule is CC(C#N)C(Br)C(Br)C#N.CC(O)Oc1ccccc1. The van der Waals surface area contributed by atoms with Crippen molar-refractivity contribution < 1.29 is 9.84 Å². The molecule has 0 aliphatic carbocycles. The third-order valence-corrected chi connectivity index (χ3v) is 4.94. The number of rotatable bonds is 4. The quantitative estimate of drug-likeness (QED) is 0.615. The first kappa shape index (κ1) is 18.9. The van der Waals surface area contributed by atoms with Gasteiger partial charge in [0.1, 0.15) is 10.6 Å². The molecular formula is C14H16Br2N2O2. The molecule has 0 aromatic heterocycles. The lowest BCUT2D eigenvalue weighted by molar-refractivity contribution is -0.000288. The Morgan fingerprint density at radius 3 is 2.05 bits per heavy atom. The second-order valence-corrected chi connectivity index (χ2v) is 5.97. The van der Waals surface area contributed by atoms with Crippen LogP contribution in [-0.2, 0) is 0 Å².